The molecule has 1 fully saturated rings. The van der Waals surface area contributed by atoms with Crippen LogP contribution in [0.15, 0.2) is 42.5 Å². The maximum absolute atomic E-state index is 13.6. The maximum atomic E-state index is 13.6. The lowest BCUT2D eigenvalue weighted by Crippen LogP contribution is -2.36. The number of fused-ring (bicyclic) bond motifs is 3. The molecule has 2 aliphatic rings. The van der Waals surface area contributed by atoms with Crippen molar-refractivity contribution in [3.63, 3.8) is 0 Å². The molecule has 2 nitrogen and oxygen atoms in total. The van der Waals surface area contributed by atoms with Crippen molar-refractivity contribution >= 4 is 5.69 Å². The largest absolute Gasteiger partial charge is 0.378 e. The van der Waals surface area contributed by atoms with E-state index in [0.717, 1.165) is 30.7 Å². The highest BCUT2D eigenvalue weighted by molar-refractivity contribution is 5.57. The number of nitrogens with one attached hydrogen (secondary N) is 1. The number of benzene rings is 2. The molecule has 2 aliphatic heterocycles. The quantitative estimate of drug-likeness (QED) is 0.818. The van der Waals surface area contributed by atoms with Crippen LogP contribution in [0.2, 0.25) is 0 Å². The van der Waals surface area contributed by atoms with E-state index >= 15 is 0 Å². The normalized spacial score (nSPS) is 26.7. The molecule has 0 spiro atoms. The zero-order valence-corrected chi connectivity index (χ0v) is 12.7. The van der Waals surface area contributed by atoms with Crippen LogP contribution in [0.25, 0.3) is 0 Å². The van der Waals surface area contributed by atoms with E-state index in [1.54, 1.807) is 6.07 Å². The third-order valence-corrected chi connectivity index (χ3v) is 4.86. The Labute approximate surface area is 130 Å². The lowest BCUT2D eigenvalue weighted by molar-refractivity contribution is -0.0382. The molecule has 0 amide bonds. The van der Waals surface area contributed by atoms with E-state index in [-0.39, 0.29) is 18.0 Å². The van der Waals surface area contributed by atoms with Gasteiger partial charge in [0.25, 0.3) is 0 Å². The second kappa shape index (κ2) is 5.40. The summed E-state index contributed by atoms with van der Waals surface area (Å²) in [4.78, 5) is 0. The van der Waals surface area contributed by atoms with Crippen molar-refractivity contribution < 1.29 is 9.13 Å². The van der Waals surface area contributed by atoms with E-state index in [1.807, 2.05) is 6.07 Å². The van der Waals surface area contributed by atoms with Crippen molar-refractivity contribution in [2.75, 3.05) is 11.9 Å². The summed E-state index contributed by atoms with van der Waals surface area (Å²) in [5.41, 5.74) is 4.50. The summed E-state index contributed by atoms with van der Waals surface area (Å²) in [7, 11) is 0. The fourth-order valence-electron chi connectivity index (χ4n) is 3.75. The SMILES string of the molecule is Cc1ccc([C@H]2Nc3ccc(F)cc3[C@H]3OCCC[C@@H]23)cc1. The van der Waals surface area contributed by atoms with Gasteiger partial charge in [-0.2, -0.15) is 0 Å². The van der Waals surface area contributed by atoms with Crippen molar-refractivity contribution in [3.05, 3.63) is 65.0 Å². The minimum atomic E-state index is -0.192. The predicted molar refractivity (Wildman–Crippen MR) is 85.4 cm³/mol. The molecule has 0 unspecified atom stereocenters. The van der Waals surface area contributed by atoms with Crippen molar-refractivity contribution in [2.45, 2.75) is 31.9 Å². The molecular weight excluding hydrogens is 277 g/mol. The van der Waals surface area contributed by atoms with Gasteiger partial charge in [-0.05, 0) is 43.5 Å². The summed E-state index contributed by atoms with van der Waals surface area (Å²) in [6.07, 6.45) is 2.16. The van der Waals surface area contributed by atoms with Crippen molar-refractivity contribution in [1.29, 1.82) is 0 Å². The Balaban J connectivity index is 1.77. The molecule has 3 heteroatoms. The van der Waals surface area contributed by atoms with E-state index in [0.29, 0.717) is 5.92 Å². The van der Waals surface area contributed by atoms with Crippen LogP contribution in [0.3, 0.4) is 0 Å². The zero-order chi connectivity index (χ0) is 15.1. The van der Waals surface area contributed by atoms with Gasteiger partial charge in [-0.25, -0.2) is 4.39 Å². The molecule has 0 bridgehead atoms. The smallest absolute Gasteiger partial charge is 0.123 e. The number of hydrogen-bond donors (Lipinski definition) is 1. The van der Waals surface area contributed by atoms with Gasteiger partial charge in [0.15, 0.2) is 0 Å². The van der Waals surface area contributed by atoms with Gasteiger partial charge in [-0.1, -0.05) is 29.8 Å². The van der Waals surface area contributed by atoms with Crippen LogP contribution in [0.5, 0.6) is 0 Å². The first-order chi connectivity index (χ1) is 10.7. The fourth-order valence-corrected chi connectivity index (χ4v) is 3.75. The Bertz CT molecular complexity index is 682. The van der Waals surface area contributed by atoms with Crippen LogP contribution in [0, 0.1) is 18.7 Å². The van der Waals surface area contributed by atoms with Crippen molar-refractivity contribution in [2.24, 2.45) is 5.92 Å². The molecule has 1 saturated heterocycles. The molecule has 2 aromatic rings. The highest BCUT2D eigenvalue weighted by Crippen LogP contribution is 2.49. The number of rotatable bonds is 1. The molecule has 0 saturated carbocycles. The van der Waals surface area contributed by atoms with E-state index in [1.165, 1.54) is 17.2 Å². The van der Waals surface area contributed by atoms with Gasteiger partial charge in [-0.3, -0.25) is 0 Å². The van der Waals surface area contributed by atoms with Gasteiger partial charge in [-0.15, -0.1) is 0 Å². The van der Waals surface area contributed by atoms with Gasteiger partial charge in [0.1, 0.15) is 5.82 Å². The molecule has 114 valence electrons. The van der Waals surface area contributed by atoms with Gasteiger partial charge in [0.2, 0.25) is 0 Å². The molecule has 3 atom stereocenters. The Kier molecular flexibility index (Phi) is 3.38. The lowest BCUT2D eigenvalue weighted by atomic mass is 9.77. The fraction of sp³-hybridized carbons (Fsp3) is 0.368. The van der Waals surface area contributed by atoms with E-state index in [2.05, 4.69) is 36.5 Å². The molecule has 1 N–H and O–H groups in total. The van der Waals surface area contributed by atoms with Crippen molar-refractivity contribution in [1.82, 2.24) is 0 Å². The summed E-state index contributed by atoms with van der Waals surface area (Å²) in [6, 6.07) is 13.9. The van der Waals surface area contributed by atoms with E-state index in [9.17, 15) is 4.39 Å². The highest BCUT2D eigenvalue weighted by atomic mass is 19.1. The topological polar surface area (TPSA) is 21.3 Å². The van der Waals surface area contributed by atoms with Crippen LogP contribution >= 0.6 is 0 Å². The third-order valence-electron chi connectivity index (χ3n) is 4.86. The van der Waals surface area contributed by atoms with Gasteiger partial charge >= 0.3 is 0 Å². The Hall–Kier alpha value is -1.87. The molecule has 22 heavy (non-hydrogen) atoms. The first-order valence-electron chi connectivity index (χ1n) is 7.96. The predicted octanol–water partition coefficient (Wildman–Crippen LogP) is 4.77. The summed E-state index contributed by atoms with van der Waals surface area (Å²) >= 11 is 0. The van der Waals surface area contributed by atoms with Gasteiger partial charge in [0, 0.05) is 23.8 Å². The number of ether oxygens (including phenoxy) is 1. The summed E-state index contributed by atoms with van der Waals surface area (Å²) < 4.78 is 19.7. The highest BCUT2D eigenvalue weighted by Gasteiger charge is 2.39. The second-order valence-corrected chi connectivity index (χ2v) is 6.36. The number of anilines is 1. The monoisotopic (exact) mass is 297 g/mol. The third kappa shape index (κ3) is 2.30. The standard InChI is InChI=1S/C19H20FNO/c1-12-4-6-13(7-5-12)18-15-3-2-10-22-19(15)16-11-14(20)8-9-17(16)21-18/h4-9,11,15,18-19,21H,2-3,10H2,1H3/t15-,18+,19-/m0/s1. The summed E-state index contributed by atoms with van der Waals surface area (Å²) in [5, 5.41) is 3.61. The Morgan fingerprint density at radius 1 is 1.14 bits per heavy atom. The molecule has 2 aromatic carbocycles. The van der Waals surface area contributed by atoms with Crippen LogP contribution in [0.4, 0.5) is 10.1 Å². The number of halogens is 1. The number of aryl methyl sites for hydroxylation is 1. The van der Waals surface area contributed by atoms with Crippen LogP contribution < -0.4 is 5.32 Å². The first-order valence-corrected chi connectivity index (χ1v) is 7.96. The van der Waals surface area contributed by atoms with Gasteiger partial charge in [0.05, 0.1) is 12.1 Å². The number of hydrogen-bond acceptors (Lipinski definition) is 2. The van der Waals surface area contributed by atoms with Crippen molar-refractivity contribution in [3.8, 4) is 0 Å². The minimum absolute atomic E-state index is 0.00740. The van der Waals surface area contributed by atoms with Crippen LogP contribution in [-0.2, 0) is 4.74 Å². The van der Waals surface area contributed by atoms with Gasteiger partial charge < -0.3 is 10.1 Å². The lowest BCUT2D eigenvalue weighted by Gasteiger charge is -2.43. The molecule has 2 heterocycles. The Morgan fingerprint density at radius 2 is 1.95 bits per heavy atom. The van der Waals surface area contributed by atoms with Crippen LogP contribution in [0.1, 0.15) is 41.7 Å². The molecule has 0 radical (unpaired) electrons. The Morgan fingerprint density at radius 3 is 2.77 bits per heavy atom. The summed E-state index contributed by atoms with van der Waals surface area (Å²) in [6.45, 7) is 2.86. The van der Waals surface area contributed by atoms with E-state index < -0.39 is 0 Å². The zero-order valence-electron chi connectivity index (χ0n) is 12.7. The minimum Gasteiger partial charge on any atom is -0.378 e. The average molecular weight is 297 g/mol. The van der Waals surface area contributed by atoms with Crippen LogP contribution in [-0.4, -0.2) is 6.61 Å². The maximum Gasteiger partial charge on any atom is 0.123 e. The van der Waals surface area contributed by atoms with E-state index in [4.69, 9.17) is 4.74 Å². The molecule has 4 rings (SSSR count). The molecule has 0 aliphatic carbocycles. The second-order valence-electron chi connectivity index (χ2n) is 6.36. The molecule has 0 aromatic heterocycles. The average Bonchev–Trinajstić information content (AvgIpc) is 2.55. The summed E-state index contributed by atoms with van der Waals surface area (Å²) in [5.74, 6) is 0.160. The molecular formula is C19H20FNO. The first kappa shape index (κ1) is 13.8.